The van der Waals surface area contributed by atoms with Crippen LogP contribution < -0.4 is 4.74 Å². The van der Waals surface area contributed by atoms with Crippen molar-refractivity contribution in [2.75, 3.05) is 6.54 Å². The number of nitrogens with zero attached hydrogens (tertiary/aromatic N) is 2. The number of carbonyl (C=O) groups excluding carboxylic acids is 1. The number of para-hydroxylation sites is 1. The molecular formula is C24H26N2O3. The van der Waals surface area contributed by atoms with Crippen LogP contribution in [-0.2, 0) is 24.3 Å². The molecule has 2 aromatic carbocycles. The average Bonchev–Trinajstić information content (AvgIpc) is 2.70. The first kappa shape index (κ1) is 19.2. The molecule has 150 valence electrons. The Labute approximate surface area is 171 Å². The van der Waals surface area contributed by atoms with E-state index in [0.717, 1.165) is 34.2 Å². The molecule has 0 unspecified atom stereocenters. The second-order valence-electron chi connectivity index (χ2n) is 8.36. The first-order valence-electron chi connectivity index (χ1n) is 9.94. The number of ether oxygens (including phenoxy) is 2. The zero-order valence-electron chi connectivity index (χ0n) is 17.1. The highest BCUT2D eigenvalue weighted by atomic mass is 16.6. The molecular weight excluding hydrogens is 364 g/mol. The first-order chi connectivity index (χ1) is 13.9. The molecule has 0 saturated carbocycles. The van der Waals surface area contributed by atoms with E-state index in [1.54, 1.807) is 4.90 Å². The maximum atomic E-state index is 12.4. The van der Waals surface area contributed by atoms with Crippen LogP contribution in [-0.4, -0.2) is 28.1 Å². The summed E-state index contributed by atoms with van der Waals surface area (Å²) in [5.74, 6) is 0.802. The number of rotatable bonds is 3. The smallest absolute Gasteiger partial charge is 0.410 e. The second-order valence-corrected chi connectivity index (χ2v) is 8.36. The molecule has 5 heteroatoms. The number of hydrogen-bond donors (Lipinski definition) is 0. The van der Waals surface area contributed by atoms with Crippen molar-refractivity contribution in [1.82, 2.24) is 9.88 Å². The third kappa shape index (κ3) is 4.50. The zero-order chi connectivity index (χ0) is 20.4. The fraction of sp³-hybridized carbons (Fsp3) is 0.333. The minimum Gasteiger partial charge on any atom is -0.489 e. The minimum atomic E-state index is -0.490. The molecule has 0 N–H and O–H groups in total. The van der Waals surface area contributed by atoms with Crippen molar-refractivity contribution in [2.45, 2.75) is 45.9 Å². The fourth-order valence-electron chi connectivity index (χ4n) is 3.55. The van der Waals surface area contributed by atoms with E-state index in [-0.39, 0.29) is 6.09 Å². The largest absolute Gasteiger partial charge is 0.489 e. The van der Waals surface area contributed by atoms with Crippen LogP contribution in [0.25, 0.3) is 10.9 Å². The van der Waals surface area contributed by atoms with Crippen molar-refractivity contribution in [1.29, 1.82) is 0 Å². The van der Waals surface area contributed by atoms with Gasteiger partial charge in [0.05, 0.1) is 5.52 Å². The minimum absolute atomic E-state index is 0.266. The predicted molar refractivity (Wildman–Crippen MR) is 113 cm³/mol. The van der Waals surface area contributed by atoms with Gasteiger partial charge in [0.25, 0.3) is 0 Å². The van der Waals surface area contributed by atoms with E-state index >= 15 is 0 Å². The predicted octanol–water partition coefficient (Wildman–Crippen LogP) is 5.11. The van der Waals surface area contributed by atoms with Gasteiger partial charge in [-0.2, -0.15) is 0 Å². The van der Waals surface area contributed by atoms with E-state index in [0.29, 0.717) is 19.7 Å². The number of fused-ring (bicyclic) bond motifs is 2. The highest BCUT2D eigenvalue weighted by molar-refractivity contribution is 5.81. The van der Waals surface area contributed by atoms with Gasteiger partial charge in [0, 0.05) is 30.2 Å². The topological polar surface area (TPSA) is 51.7 Å². The van der Waals surface area contributed by atoms with Crippen LogP contribution in [0.1, 0.15) is 37.5 Å². The lowest BCUT2D eigenvalue weighted by molar-refractivity contribution is 0.0223. The van der Waals surface area contributed by atoms with Crippen molar-refractivity contribution >= 4 is 17.0 Å². The maximum absolute atomic E-state index is 12.4. The second kappa shape index (κ2) is 7.74. The Morgan fingerprint density at radius 1 is 1.10 bits per heavy atom. The van der Waals surface area contributed by atoms with Crippen LogP contribution in [0.4, 0.5) is 4.79 Å². The normalized spacial score (nSPS) is 13.8. The van der Waals surface area contributed by atoms with Crippen LogP contribution in [0.2, 0.25) is 0 Å². The van der Waals surface area contributed by atoms with Crippen molar-refractivity contribution in [3.63, 3.8) is 0 Å². The summed E-state index contributed by atoms with van der Waals surface area (Å²) in [6.07, 6.45) is 2.37. The van der Waals surface area contributed by atoms with Gasteiger partial charge in [-0.15, -0.1) is 0 Å². The summed E-state index contributed by atoms with van der Waals surface area (Å²) in [7, 11) is 0. The number of pyridine rings is 1. The van der Waals surface area contributed by atoms with Crippen LogP contribution in [0.5, 0.6) is 5.75 Å². The highest BCUT2D eigenvalue weighted by Gasteiger charge is 2.25. The van der Waals surface area contributed by atoms with E-state index in [4.69, 9.17) is 9.47 Å². The summed E-state index contributed by atoms with van der Waals surface area (Å²) in [6, 6.07) is 16.2. The van der Waals surface area contributed by atoms with E-state index < -0.39 is 5.60 Å². The van der Waals surface area contributed by atoms with Crippen molar-refractivity contribution in [2.24, 2.45) is 0 Å². The van der Waals surface area contributed by atoms with Gasteiger partial charge in [0.15, 0.2) is 0 Å². The number of carbonyl (C=O) groups is 1. The van der Waals surface area contributed by atoms with Crippen molar-refractivity contribution in [3.8, 4) is 5.75 Å². The van der Waals surface area contributed by atoms with Gasteiger partial charge in [-0.3, -0.25) is 4.98 Å². The Balaban J connectivity index is 1.47. The molecule has 0 atom stereocenters. The molecule has 0 saturated heterocycles. The summed E-state index contributed by atoms with van der Waals surface area (Å²) in [4.78, 5) is 18.6. The van der Waals surface area contributed by atoms with Crippen LogP contribution in [0, 0.1) is 0 Å². The van der Waals surface area contributed by atoms with Gasteiger partial charge < -0.3 is 14.4 Å². The SMILES string of the molecule is CC(C)(C)OC(=O)N1CCc2ccc(OCc3ccnc4ccccc34)cc2C1. The molecule has 1 aliphatic heterocycles. The van der Waals surface area contributed by atoms with Crippen LogP contribution >= 0.6 is 0 Å². The van der Waals surface area contributed by atoms with Crippen molar-refractivity contribution in [3.05, 3.63) is 71.4 Å². The fourth-order valence-corrected chi connectivity index (χ4v) is 3.55. The summed E-state index contributed by atoms with van der Waals surface area (Å²) >= 11 is 0. The van der Waals surface area contributed by atoms with Crippen LogP contribution in [0.15, 0.2) is 54.7 Å². The third-order valence-electron chi connectivity index (χ3n) is 4.98. The Morgan fingerprint density at radius 2 is 1.93 bits per heavy atom. The van der Waals surface area contributed by atoms with Gasteiger partial charge in [-0.05, 0) is 62.6 Å². The molecule has 0 fully saturated rings. The number of benzene rings is 2. The quantitative estimate of drug-likeness (QED) is 0.624. The Hall–Kier alpha value is -3.08. The van der Waals surface area contributed by atoms with Gasteiger partial charge in [-0.1, -0.05) is 24.3 Å². The number of amides is 1. The monoisotopic (exact) mass is 390 g/mol. The summed E-state index contributed by atoms with van der Waals surface area (Å²) in [5, 5.41) is 1.10. The van der Waals surface area contributed by atoms with Gasteiger partial charge in [-0.25, -0.2) is 4.79 Å². The zero-order valence-corrected chi connectivity index (χ0v) is 17.1. The van der Waals surface area contributed by atoms with Crippen molar-refractivity contribution < 1.29 is 14.3 Å². The third-order valence-corrected chi connectivity index (χ3v) is 4.98. The molecule has 5 nitrogen and oxygen atoms in total. The summed E-state index contributed by atoms with van der Waals surface area (Å²) in [5.41, 5.74) is 3.94. The number of aromatic nitrogens is 1. The molecule has 0 bridgehead atoms. The van der Waals surface area contributed by atoms with E-state index in [2.05, 4.69) is 17.1 Å². The average molecular weight is 390 g/mol. The lowest BCUT2D eigenvalue weighted by Crippen LogP contribution is -2.39. The Kier molecular flexibility index (Phi) is 5.14. The van der Waals surface area contributed by atoms with Gasteiger partial charge in [0.2, 0.25) is 0 Å². The molecule has 29 heavy (non-hydrogen) atoms. The molecule has 4 rings (SSSR count). The lowest BCUT2D eigenvalue weighted by atomic mass is 10.00. The van der Waals surface area contributed by atoms with Crippen LogP contribution in [0.3, 0.4) is 0 Å². The van der Waals surface area contributed by atoms with Gasteiger partial charge in [0.1, 0.15) is 18.0 Å². The molecule has 1 aliphatic rings. The van der Waals surface area contributed by atoms with E-state index in [9.17, 15) is 4.79 Å². The lowest BCUT2D eigenvalue weighted by Gasteiger charge is -2.31. The standard InChI is InChI=1S/C24H26N2O3/c1-24(2,3)29-23(27)26-13-11-17-8-9-20(14-19(17)15-26)28-16-18-10-12-25-22-7-5-4-6-21(18)22/h4-10,12,14H,11,13,15-16H2,1-3H3. The first-order valence-corrected chi connectivity index (χ1v) is 9.94. The Bertz CT molecular complexity index is 1030. The van der Waals surface area contributed by atoms with Gasteiger partial charge >= 0.3 is 6.09 Å². The molecule has 0 spiro atoms. The molecule has 0 radical (unpaired) electrons. The molecule has 2 heterocycles. The highest BCUT2D eigenvalue weighted by Crippen LogP contribution is 2.26. The molecule has 3 aromatic rings. The molecule has 1 amide bonds. The summed E-state index contributed by atoms with van der Waals surface area (Å²) in [6.45, 7) is 7.34. The van der Waals surface area contributed by atoms with E-state index in [1.807, 2.05) is 63.4 Å². The van der Waals surface area contributed by atoms with E-state index in [1.165, 1.54) is 5.56 Å². The Morgan fingerprint density at radius 3 is 2.76 bits per heavy atom. The molecule has 1 aromatic heterocycles. The number of hydrogen-bond acceptors (Lipinski definition) is 4. The maximum Gasteiger partial charge on any atom is 0.410 e. The summed E-state index contributed by atoms with van der Waals surface area (Å²) < 4.78 is 11.6. The molecule has 0 aliphatic carbocycles.